The molecule has 3 aromatic carbocycles. The quantitative estimate of drug-likeness (QED) is 0.0276. The SMILES string of the molecule is CCCC[C@H]1C(=O)N(C)[C@@H](CCCC)C(=O)N[C@@H](CCN)C(=O)N[C@H](C(=O)NCC(N)=O)CSCC(=O)N[C@@H](Cc2ccc(O)cc2)C(=O)N(C)[C@@H](C)C(=O)N[C@@H](CCN)C(=O)N2CCC[C@H]2C(=O)N[C@@H](Cc2c[nH]cn2)C(=O)N[C@@H](CCC(=O)O)C(=O)N2C[C@H](O)C[C@H]2C(=O)C[C@@H](Cc2c[nH]c3ccccc23)C(=O)N[C@@H](CCN)C(=O)N[C@@H](Cc2c[nH]c3ccccc23)C(=O)N1C. The van der Waals surface area contributed by atoms with Crippen molar-refractivity contribution in [2.24, 2.45) is 28.9 Å². The molecule has 6 aromatic rings. The van der Waals surface area contributed by atoms with Crippen LogP contribution < -0.4 is 70.8 Å². The van der Waals surface area contributed by atoms with Gasteiger partial charge in [0.05, 0.1) is 36.5 Å². The molecule has 3 aliphatic rings. The average Bonchev–Trinajstić information content (AvgIpc) is 1.67. The number of aromatic hydroxyl groups is 1. The van der Waals surface area contributed by atoms with Crippen LogP contribution in [0.4, 0.5) is 0 Å². The molecule has 42 nitrogen and oxygen atoms in total. The van der Waals surface area contributed by atoms with Crippen molar-refractivity contribution in [3.05, 3.63) is 120 Å². The number of aromatic nitrogens is 4. The Morgan fingerprint density at radius 1 is 0.541 bits per heavy atom. The van der Waals surface area contributed by atoms with Crippen molar-refractivity contribution in [1.29, 1.82) is 0 Å². The molecule has 15 amide bonds. The third-order valence-corrected chi connectivity index (χ3v) is 25.4. The Hall–Kier alpha value is -12.9. The number of amides is 15. The van der Waals surface area contributed by atoms with Gasteiger partial charge in [0.25, 0.3) is 0 Å². The number of hydrogen-bond acceptors (Lipinski definition) is 24. The van der Waals surface area contributed by atoms with Gasteiger partial charge in [-0.2, -0.15) is 0 Å². The summed E-state index contributed by atoms with van der Waals surface area (Å²) < 4.78 is 0. The molecule has 43 heteroatoms. The molecule has 15 atom stereocenters. The van der Waals surface area contributed by atoms with Crippen LogP contribution in [-0.2, 0) is 107 Å². The number of ketones is 1. The second kappa shape index (κ2) is 50.1. The Morgan fingerprint density at radius 2 is 1.08 bits per heavy atom. The van der Waals surface area contributed by atoms with Crippen LogP contribution in [0.2, 0.25) is 0 Å². The molecule has 23 N–H and O–H groups in total. The van der Waals surface area contributed by atoms with Crippen LogP contribution in [0.3, 0.4) is 0 Å². The molecule has 0 aliphatic carbocycles. The van der Waals surface area contributed by atoms with Gasteiger partial charge in [-0.15, -0.1) is 11.8 Å². The van der Waals surface area contributed by atoms with Crippen molar-refractivity contribution in [2.75, 3.05) is 71.9 Å². The molecule has 3 aliphatic heterocycles. The highest BCUT2D eigenvalue weighted by Gasteiger charge is 2.47. The Balaban J connectivity index is 1.09. The number of unbranched alkanes of at least 4 members (excludes halogenated alkanes) is 2. The number of nitrogens with two attached hydrogens (primary N) is 4. The predicted molar refractivity (Wildman–Crippen MR) is 489 cm³/mol. The van der Waals surface area contributed by atoms with Crippen LogP contribution >= 0.6 is 11.8 Å². The summed E-state index contributed by atoms with van der Waals surface area (Å²) in [6.07, 6.45) is 2.54. The second-order valence-electron chi connectivity index (χ2n) is 34.0. The first-order valence-corrected chi connectivity index (χ1v) is 46.1. The highest BCUT2D eigenvalue weighted by molar-refractivity contribution is 8.00. The number of carboxylic acid groups (broad SMARTS) is 1. The molecule has 0 bridgehead atoms. The number of primary amides is 1. The summed E-state index contributed by atoms with van der Waals surface area (Å²) in [5.74, 6) is -17.9. The smallest absolute Gasteiger partial charge is 0.303 e. The fraction of sp³-hybridized carbons (Fsp3) is 0.533. The molecule has 3 saturated heterocycles. The second-order valence-corrected chi connectivity index (χ2v) is 35.0. The van der Waals surface area contributed by atoms with Gasteiger partial charge < -0.3 is 126 Å². The normalized spacial score (nSPS) is 25.0. The molecule has 0 radical (unpaired) electrons. The largest absolute Gasteiger partial charge is 0.508 e. The summed E-state index contributed by atoms with van der Waals surface area (Å²) in [6.45, 7) is 3.14. The van der Waals surface area contributed by atoms with Gasteiger partial charge in [-0.1, -0.05) is 88.1 Å². The molecule has 0 saturated carbocycles. The van der Waals surface area contributed by atoms with Crippen LogP contribution in [0.25, 0.3) is 21.8 Å². The molecule has 9 rings (SSSR count). The number of aliphatic hydroxyl groups excluding tert-OH is 1. The fourth-order valence-electron chi connectivity index (χ4n) is 16.8. The number of carbonyl (C=O) groups is 17. The lowest BCUT2D eigenvalue weighted by molar-refractivity contribution is -0.149. The zero-order chi connectivity index (χ0) is 96.9. The van der Waals surface area contributed by atoms with Gasteiger partial charge in [0, 0.05) is 125 Å². The standard InChI is InChI=1S/C90H126N22O20S/c1-7-9-20-70-84(126)102-63(30-33-92)82(124)107-69(80(122)98-45-75(94)116)47-133-48-76(117)100-67(36-51-23-25-56(113)26-24-51)86(128)108(4)50(3)78(120)103-65(31-34-93)88(130)111-35-15-22-71(111)85(127)105-66(40-55-44-95-49-99-55)83(125)104-64(27-28-77(118)119)89(131)112-46-57(114)41-73(112)74(115)39-52(37-53-42-96-60-18-13-11-16-58(53)60)79(121)101-62(29-32-91)81(123)106-68(38-54-43-97-61-19-14-12-17-59(54)61)87(129)110(6)72(21-10-8-2)90(132)109(70)5/h11-14,16-19,23-26,42-44,49-50,52,57,62-73,96-97,113-114H,7-10,15,20-22,27-41,45-48,91-93H2,1-6H3,(H2,94,116)(H,95,99)(H,98,122)(H,100,117)(H,101,121)(H,102,126)(H,103,120)(H,104,125)(H,105,127)(H,106,123)(H,107,124)(H,118,119)/t50-,52+,57+,62-,63-,64-,65-,66-,67-,68-,69-,70-,71-,72-,73-/m0/s1. The monoisotopic (exact) mass is 1870 g/mol. The van der Waals surface area contributed by atoms with Gasteiger partial charge in [-0.3, -0.25) is 81.5 Å². The summed E-state index contributed by atoms with van der Waals surface area (Å²) in [7, 11) is 4.01. The summed E-state index contributed by atoms with van der Waals surface area (Å²) in [5, 5.41) is 57.1. The maximum absolute atomic E-state index is 15.8. The van der Waals surface area contributed by atoms with Crippen molar-refractivity contribution in [3.63, 3.8) is 0 Å². The maximum Gasteiger partial charge on any atom is 0.303 e. The minimum Gasteiger partial charge on any atom is -0.508 e. The van der Waals surface area contributed by atoms with E-state index in [9.17, 15) is 58.5 Å². The third-order valence-electron chi connectivity index (χ3n) is 24.3. The van der Waals surface area contributed by atoms with Gasteiger partial charge >= 0.3 is 5.97 Å². The molecule has 722 valence electrons. The number of carboxylic acids is 1. The highest BCUT2D eigenvalue weighted by atomic mass is 32.2. The molecule has 0 spiro atoms. The molecule has 0 unspecified atom stereocenters. The number of nitrogens with one attached hydrogen (secondary N) is 12. The summed E-state index contributed by atoms with van der Waals surface area (Å²) in [5.41, 5.74) is 26.9. The number of likely N-dealkylation sites (N-methyl/N-ethyl adjacent to an activating group) is 3. The van der Waals surface area contributed by atoms with Crippen LogP contribution in [0.5, 0.6) is 5.75 Å². The first kappa shape index (κ1) is 104. The van der Waals surface area contributed by atoms with Crippen molar-refractivity contribution < 1.29 is 96.8 Å². The van der Waals surface area contributed by atoms with E-state index in [-0.39, 0.29) is 108 Å². The lowest BCUT2D eigenvalue weighted by atomic mass is 9.90. The number of phenolic OH excluding ortho intramolecular Hbond substituents is 1. The number of hydrogen-bond donors (Lipinski definition) is 19. The summed E-state index contributed by atoms with van der Waals surface area (Å²) in [6, 6.07) is 0.489. The van der Waals surface area contributed by atoms with Crippen LogP contribution in [0.15, 0.2) is 97.7 Å². The summed E-state index contributed by atoms with van der Waals surface area (Å²) >= 11 is 0.791. The van der Waals surface area contributed by atoms with E-state index in [0.717, 1.165) is 21.6 Å². The van der Waals surface area contributed by atoms with Crippen molar-refractivity contribution in [1.82, 2.24) is 92.3 Å². The number of nitrogens with zero attached hydrogens (tertiary/aromatic N) is 6. The van der Waals surface area contributed by atoms with Gasteiger partial charge in [0.2, 0.25) is 88.6 Å². The zero-order valence-electron chi connectivity index (χ0n) is 75.7. The molecule has 133 heavy (non-hydrogen) atoms. The Bertz CT molecular complexity index is 5090. The predicted octanol–water partition coefficient (Wildman–Crippen LogP) is -2.10. The van der Waals surface area contributed by atoms with Crippen molar-refractivity contribution in [2.45, 2.75) is 227 Å². The maximum atomic E-state index is 15.8. The molecule has 3 aromatic heterocycles. The van der Waals surface area contributed by atoms with Gasteiger partial charge in [-0.25, -0.2) is 4.98 Å². The van der Waals surface area contributed by atoms with E-state index in [2.05, 4.69) is 67.8 Å². The van der Waals surface area contributed by atoms with E-state index in [1.165, 1.54) is 79.6 Å². The average molecular weight is 1870 g/mol. The number of H-pyrrole nitrogens is 3. The van der Waals surface area contributed by atoms with Crippen LogP contribution in [0.1, 0.15) is 139 Å². The number of carbonyl (C=O) groups excluding carboxylic acids is 16. The van der Waals surface area contributed by atoms with E-state index in [0.29, 0.717) is 64.2 Å². The highest BCUT2D eigenvalue weighted by Crippen LogP contribution is 2.30. The fourth-order valence-corrected chi connectivity index (χ4v) is 17.7. The lowest BCUT2D eigenvalue weighted by Crippen LogP contribution is -2.60. The number of fused-ring (bicyclic) bond motifs is 4. The third kappa shape index (κ3) is 28.6. The zero-order valence-corrected chi connectivity index (χ0v) is 76.5. The molecule has 3 fully saturated rings. The number of aliphatic carboxylic acids is 1. The number of imidazole rings is 1. The Morgan fingerprint density at radius 3 is 1.68 bits per heavy atom. The first-order valence-electron chi connectivity index (χ1n) is 44.9. The minimum atomic E-state index is -1.78. The van der Waals surface area contributed by atoms with E-state index in [4.69, 9.17) is 22.9 Å². The first-order chi connectivity index (χ1) is 63.6. The van der Waals surface area contributed by atoms with E-state index < -0.39 is 241 Å². The topological polar surface area (TPSA) is 640 Å². The summed E-state index contributed by atoms with van der Waals surface area (Å²) in [4.78, 5) is 269. The number of para-hydroxylation sites is 2. The van der Waals surface area contributed by atoms with Crippen LogP contribution in [0, 0.1) is 5.92 Å². The van der Waals surface area contributed by atoms with Crippen LogP contribution in [-0.4, -0.2) is 317 Å². The minimum absolute atomic E-state index is 0.0153. The number of Topliss-reactive ketones (excluding diaryl/α,β-unsaturated/α-hetero) is 1. The number of thioether (sulfide) groups is 1. The van der Waals surface area contributed by atoms with Gasteiger partial charge in [0.15, 0.2) is 5.78 Å². The van der Waals surface area contributed by atoms with Crippen molar-refractivity contribution >= 4 is 134 Å². The molecular formula is C90H126N22O20S. The number of phenols is 1. The van der Waals surface area contributed by atoms with Gasteiger partial charge in [-0.05, 0) is 125 Å². The Labute approximate surface area is 773 Å². The van der Waals surface area contributed by atoms with Gasteiger partial charge in [0.1, 0.15) is 78.3 Å². The number of rotatable bonds is 26. The number of aromatic amines is 3. The molecular weight excluding hydrogens is 1740 g/mol. The van der Waals surface area contributed by atoms with E-state index in [1.807, 2.05) is 13.8 Å². The van der Waals surface area contributed by atoms with E-state index in [1.54, 1.807) is 60.9 Å². The number of benzene rings is 3. The number of aliphatic hydroxyl groups is 1. The molecule has 6 heterocycles. The van der Waals surface area contributed by atoms with Crippen molar-refractivity contribution in [3.8, 4) is 5.75 Å². The Kier molecular flexibility index (Phi) is 39.1. The van der Waals surface area contributed by atoms with E-state index >= 15 is 38.4 Å². The lowest BCUT2D eigenvalue weighted by Gasteiger charge is -2.36.